The van der Waals surface area contributed by atoms with Gasteiger partial charge in [-0.25, -0.2) is 15.2 Å². The average Bonchev–Trinajstić information content (AvgIpc) is 3.15. The number of benzene rings is 1. The molecule has 0 radical (unpaired) electrons. The Kier molecular flexibility index (Phi) is 6.62. The third kappa shape index (κ3) is 5.00. The molecule has 1 amide bonds. The molecule has 0 spiro atoms. The van der Waals surface area contributed by atoms with Gasteiger partial charge in [0.1, 0.15) is 0 Å². The maximum absolute atomic E-state index is 12.6. The van der Waals surface area contributed by atoms with Gasteiger partial charge in [0.05, 0.1) is 11.5 Å². The van der Waals surface area contributed by atoms with Crippen LogP contribution in [0, 0.1) is 16.0 Å². The normalized spacial score (nSPS) is 14.2. The van der Waals surface area contributed by atoms with E-state index in [0.717, 1.165) is 0 Å². The van der Waals surface area contributed by atoms with Gasteiger partial charge in [-0.05, 0) is 19.1 Å². The number of hydrazine groups is 1. The van der Waals surface area contributed by atoms with E-state index in [2.05, 4.69) is 5.43 Å². The van der Waals surface area contributed by atoms with E-state index in [4.69, 9.17) is 4.74 Å². The molecule has 8 heteroatoms. The molecule has 26 heavy (non-hydrogen) atoms. The van der Waals surface area contributed by atoms with Crippen molar-refractivity contribution in [3.8, 4) is 0 Å². The van der Waals surface area contributed by atoms with Crippen LogP contribution in [0.3, 0.4) is 0 Å². The number of non-ortho nitro benzene ring substituents is 1. The highest BCUT2D eigenvalue weighted by atomic mass is 16.6. The molecule has 1 aliphatic carbocycles. The van der Waals surface area contributed by atoms with Gasteiger partial charge >= 0.3 is 6.09 Å². The van der Waals surface area contributed by atoms with Crippen LogP contribution >= 0.6 is 0 Å². The van der Waals surface area contributed by atoms with E-state index in [9.17, 15) is 19.7 Å². The molecule has 1 N–H and O–H groups in total. The standard InChI is InChI=1S/C18H21N3O5/c1-3-26-18(23)20(2)19-16(13-6-4-5-7-13)12-17(22)14-8-10-15(11-9-14)21(24)25/h4-11,13,16,19H,3,12H2,1-2H3. The van der Waals surface area contributed by atoms with Crippen LogP contribution in [-0.2, 0) is 4.74 Å². The fourth-order valence-electron chi connectivity index (χ4n) is 2.59. The number of nitrogens with one attached hydrogen (secondary N) is 1. The summed E-state index contributed by atoms with van der Waals surface area (Å²) in [7, 11) is 1.53. The van der Waals surface area contributed by atoms with Crippen LogP contribution < -0.4 is 5.43 Å². The fraction of sp³-hybridized carbons (Fsp3) is 0.333. The van der Waals surface area contributed by atoms with Crippen molar-refractivity contribution < 1.29 is 19.2 Å². The number of carbonyl (C=O) groups is 2. The lowest BCUT2D eigenvalue weighted by molar-refractivity contribution is -0.384. The van der Waals surface area contributed by atoms with Crippen LogP contribution in [0.1, 0.15) is 23.7 Å². The van der Waals surface area contributed by atoms with Crippen molar-refractivity contribution >= 4 is 17.6 Å². The first-order valence-electron chi connectivity index (χ1n) is 8.21. The van der Waals surface area contributed by atoms with Crippen LogP contribution in [0.2, 0.25) is 0 Å². The Morgan fingerprint density at radius 3 is 2.42 bits per heavy atom. The SMILES string of the molecule is CCOC(=O)N(C)NC(CC(=O)c1ccc([N+](=O)[O-])cc1)C1C=CC=C1. The molecule has 0 aromatic heterocycles. The number of nitrogens with zero attached hydrogens (tertiary/aromatic N) is 2. The lowest BCUT2D eigenvalue weighted by Gasteiger charge is -2.27. The number of amides is 1. The number of rotatable bonds is 8. The summed E-state index contributed by atoms with van der Waals surface area (Å²) < 4.78 is 4.93. The minimum Gasteiger partial charge on any atom is -0.449 e. The molecule has 0 heterocycles. The van der Waals surface area contributed by atoms with E-state index >= 15 is 0 Å². The zero-order valence-electron chi connectivity index (χ0n) is 14.6. The van der Waals surface area contributed by atoms with Crippen LogP contribution in [-0.4, -0.2) is 41.5 Å². The smallest absolute Gasteiger partial charge is 0.423 e. The van der Waals surface area contributed by atoms with Gasteiger partial charge in [0.2, 0.25) is 0 Å². The first kappa shape index (κ1) is 19.3. The maximum atomic E-state index is 12.6. The lowest BCUT2D eigenvalue weighted by atomic mass is 9.94. The number of ketones is 1. The number of allylic oxidation sites excluding steroid dienone is 2. The summed E-state index contributed by atoms with van der Waals surface area (Å²) in [5.74, 6) is -0.239. The van der Waals surface area contributed by atoms with Gasteiger partial charge in [-0.15, -0.1) is 0 Å². The summed E-state index contributed by atoms with van der Waals surface area (Å²) in [5, 5.41) is 11.9. The Balaban J connectivity index is 2.09. The van der Waals surface area contributed by atoms with Crippen molar-refractivity contribution in [3.63, 3.8) is 0 Å². The van der Waals surface area contributed by atoms with Gasteiger partial charge in [0.25, 0.3) is 5.69 Å². The molecule has 0 aliphatic heterocycles. The van der Waals surface area contributed by atoms with E-state index in [1.165, 1.54) is 36.3 Å². The van der Waals surface area contributed by atoms with Gasteiger partial charge in [0, 0.05) is 43.1 Å². The van der Waals surface area contributed by atoms with E-state index < -0.39 is 11.0 Å². The molecule has 0 saturated heterocycles. The van der Waals surface area contributed by atoms with E-state index in [-0.39, 0.29) is 36.5 Å². The molecular weight excluding hydrogens is 338 g/mol. The monoisotopic (exact) mass is 359 g/mol. The Hall–Kier alpha value is -3.00. The Morgan fingerprint density at radius 2 is 1.88 bits per heavy atom. The Bertz CT molecular complexity index is 715. The number of hydrogen-bond donors (Lipinski definition) is 1. The van der Waals surface area contributed by atoms with Crippen LogP contribution in [0.25, 0.3) is 0 Å². The van der Waals surface area contributed by atoms with Gasteiger partial charge in [-0.3, -0.25) is 14.9 Å². The highest BCUT2D eigenvalue weighted by Gasteiger charge is 2.25. The van der Waals surface area contributed by atoms with Crippen molar-refractivity contribution in [2.24, 2.45) is 5.92 Å². The van der Waals surface area contributed by atoms with Crippen LogP contribution in [0.4, 0.5) is 10.5 Å². The second-order valence-corrected chi connectivity index (χ2v) is 5.77. The molecule has 138 valence electrons. The molecule has 1 aromatic rings. The number of nitro groups is 1. The van der Waals surface area contributed by atoms with Gasteiger partial charge in [0.15, 0.2) is 5.78 Å². The predicted molar refractivity (Wildman–Crippen MR) is 95.5 cm³/mol. The highest BCUT2D eigenvalue weighted by molar-refractivity contribution is 5.96. The van der Waals surface area contributed by atoms with Crippen molar-refractivity contribution in [1.82, 2.24) is 10.4 Å². The molecule has 1 unspecified atom stereocenters. The zero-order valence-corrected chi connectivity index (χ0v) is 14.6. The van der Waals surface area contributed by atoms with Crippen LogP contribution in [0.5, 0.6) is 0 Å². The number of ether oxygens (including phenoxy) is 1. The van der Waals surface area contributed by atoms with E-state index in [1.807, 2.05) is 24.3 Å². The first-order valence-corrected chi connectivity index (χ1v) is 8.21. The third-order valence-electron chi connectivity index (χ3n) is 3.95. The summed E-state index contributed by atoms with van der Waals surface area (Å²) in [6.07, 6.45) is 7.19. The number of nitro benzene ring substituents is 1. The number of hydrogen-bond acceptors (Lipinski definition) is 6. The van der Waals surface area contributed by atoms with E-state index in [1.54, 1.807) is 6.92 Å². The molecule has 2 rings (SSSR count). The maximum Gasteiger partial charge on any atom is 0.423 e. The van der Waals surface area contributed by atoms with E-state index in [0.29, 0.717) is 5.56 Å². The Labute approximate surface area is 151 Å². The molecule has 1 aromatic carbocycles. The largest absolute Gasteiger partial charge is 0.449 e. The number of carbonyl (C=O) groups excluding carboxylic acids is 2. The second-order valence-electron chi connectivity index (χ2n) is 5.77. The van der Waals surface area contributed by atoms with Crippen molar-refractivity contribution in [1.29, 1.82) is 0 Å². The lowest BCUT2D eigenvalue weighted by Crippen LogP contribution is -2.49. The summed E-state index contributed by atoms with van der Waals surface area (Å²) >= 11 is 0. The molecule has 1 aliphatic rings. The molecular formula is C18H21N3O5. The topological polar surface area (TPSA) is 102 Å². The average molecular weight is 359 g/mol. The van der Waals surface area contributed by atoms with Crippen molar-refractivity contribution in [2.45, 2.75) is 19.4 Å². The summed E-state index contributed by atoms with van der Waals surface area (Å²) in [6, 6.07) is 5.12. The minimum absolute atomic E-state index is 0.0612. The molecule has 1 atom stereocenters. The van der Waals surface area contributed by atoms with Gasteiger partial charge in [-0.1, -0.05) is 24.3 Å². The summed E-state index contributed by atoms with van der Waals surface area (Å²) in [4.78, 5) is 34.6. The first-order chi connectivity index (χ1) is 12.4. The quantitative estimate of drug-likeness (QED) is 0.435. The second kappa shape index (κ2) is 8.91. The summed E-state index contributed by atoms with van der Waals surface area (Å²) in [5.41, 5.74) is 3.31. The van der Waals surface area contributed by atoms with Crippen molar-refractivity contribution in [2.75, 3.05) is 13.7 Å². The molecule has 0 fully saturated rings. The molecule has 8 nitrogen and oxygen atoms in total. The molecule has 0 bridgehead atoms. The highest BCUT2D eigenvalue weighted by Crippen LogP contribution is 2.20. The van der Waals surface area contributed by atoms with Crippen LogP contribution in [0.15, 0.2) is 48.6 Å². The minimum atomic E-state index is -0.536. The third-order valence-corrected chi connectivity index (χ3v) is 3.95. The predicted octanol–water partition coefficient (Wildman–Crippen LogP) is 2.87. The summed E-state index contributed by atoms with van der Waals surface area (Å²) in [6.45, 7) is 1.96. The van der Waals surface area contributed by atoms with Gasteiger partial charge < -0.3 is 4.74 Å². The zero-order chi connectivity index (χ0) is 19.1. The number of Topliss-reactive ketones (excluding diaryl/α,β-unsaturated/α-hetero) is 1. The fourth-order valence-corrected chi connectivity index (χ4v) is 2.59. The Morgan fingerprint density at radius 1 is 1.27 bits per heavy atom. The molecule has 0 saturated carbocycles. The van der Waals surface area contributed by atoms with Crippen molar-refractivity contribution in [3.05, 3.63) is 64.2 Å². The van der Waals surface area contributed by atoms with Gasteiger partial charge in [-0.2, -0.15) is 0 Å².